The fraction of sp³-hybridized carbons (Fsp3) is 0.600. The highest BCUT2D eigenvalue weighted by Crippen LogP contribution is 2.25. The molecule has 0 aliphatic heterocycles. The third-order valence-electron chi connectivity index (χ3n) is 3.55. The van der Waals surface area contributed by atoms with Crippen molar-refractivity contribution in [2.45, 2.75) is 44.2 Å². The first-order chi connectivity index (χ1) is 10.3. The molecule has 4 unspecified atom stereocenters. The van der Waals surface area contributed by atoms with E-state index in [9.17, 15) is 20.4 Å². The summed E-state index contributed by atoms with van der Waals surface area (Å²) in [5, 5.41) is 50.0. The number of hydrogen-bond acceptors (Lipinski definition) is 7. The SMILES string of the molecule is CC(C)c1cc(NCC(O)C(O)C(O)C(O)CO)ccc1N. The minimum absolute atomic E-state index is 0.0299. The fourth-order valence-electron chi connectivity index (χ4n) is 2.09. The first-order valence-corrected chi connectivity index (χ1v) is 7.24. The second-order valence-corrected chi connectivity index (χ2v) is 5.68. The monoisotopic (exact) mass is 314 g/mol. The van der Waals surface area contributed by atoms with E-state index in [0.717, 1.165) is 11.3 Å². The number of aliphatic hydroxyl groups is 5. The van der Waals surface area contributed by atoms with Crippen molar-refractivity contribution in [2.75, 3.05) is 24.2 Å². The van der Waals surface area contributed by atoms with Crippen molar-refractivity contribution in [3.05, 3.63) is 23.8 Å². The molecule has 22 heavy (non-hydrogen) atoms. The van der Waals surface area contributed by atoms with Gasteiger partial charge >= 0.3 is 0 Å². The highest BCUT2D eigenvalue weighted by Gasteiger charge is 2.29. The minimum Gasteiger partial charge on any atom is -0.398 e. The lowest BCUT2D eigenvalue weighted by atomic mass is 10.0. The van der Waals surface area contributed by atoms with Gasteiger partial charge in [0.05, 0.1) is 12.7 Å². The van der Waals surface area contributed by atoms with Gasteiger partial charge in [-0.05, 0) is 29.7 Å². The van der Waals surface area contributed by atoms with Gasteiger partial charge < -0.3 is 36.6 Å². The summed E-state index contributed by atoms with van der Waals surface area (Å²) in [4.78, 5) is 0. The quantitative estimate of drug-likeness (QED) is 0.313. The van der Waals surface area contributed by atoms with E-state index in [-0.39, 0.29) is 12.5 Å². The molecule has 7 heteroatoms. The van der Waals surface area contributed by atoms with Crippen molar-refractivity contribution in [2.24, 2.45) is 0 Å². The van der Waals surface area contributed by atoms with Gasteiger partial charge in [0.2, 0.25) is 0 Å². The normalized spacial score (nSPS) is 17.1. The Balaban J connectivity index is 2.64. The number of rotatable bonds is 8. The first kappa shape index (κ1) is 18.7. The molecule has 1 aromatic carbocycles. The van der Waals surface area contributed by atoms with Crippen molar-refractivity contribution in [1.82, 2.24) is 0 Å². The van der Waals surface area contributed by atoms with Crippen LogP contribution in [0.2, 0.25) is 0 Å². The van der Waals surface area contributed by atoms with E-state index in [1.165, 1.54) is 0 Å². The average molecular weight is 314 g/mol. The molecular weight excluding hydrogens is 288 g/mol. The van der Waals surface area contributed by atoms with Crippen LogP contribution in [0.5, 0.6) is 0 Å². The van der Waals surface area contributed by atoms with E-state index in [1.807, 2.05) is 19.9 Å². The first-order valence-electron chi connectivity index (χ1n) is 7.24. The van der Waals surface area contributed by atoms with Crippen molar-refractivity contribution in [3.63, 3.8) is 0 Å². The Kier molecular flexibility index (Phi) is 7.05. The summed E-state index contributed by atoms with van der Waals surface area (Å²) in [6.07, 6.45) is -6.02. The highest BCUT2D eigenvalue weighted by atomic mass is 16.4. The summed E-state index contributed by atoms with van der Waals surface area (Å²) >= 11 is 0. The topological polar surface area (TPSA) is 139 Å². The van der Waals surface area contributed by atoms with Crippen LogP contribution in [0.15, 0.2) is 18.2 Å². The lowest BCUT2D eigenvalue weighted by Gasteiger charge is -2.26. The summed E-state index contributed by atoms with van der Waals surface area (Å²) < 4.78 is 0. The molecule has 0 saturated heterocycles. The molecule has 0 saturated carbocycles. The van der Waals surface area contributed by atoms with Crippen LogP contribution in [0.3, 0.4) is 0 Å². The van der Waals surface area contributed by atoms with E-state index in [1.54, 1.807) is 12.1 Å². The largest absolute Gasteiger partial charge is 0.398 e. The van der Waals surface area contributed by atoms with Crippen LogP contribution in [-0.2, 0) is 0 Å². The summed E-state index contributed by atoms with van der Waals surface area (Å²) in [5.41, 5.74) is 8.26. The molecule has 0 fully saturated rings. The maximum atomic E-state index is 9.84. The van der Waals surface area contributed by atoms with Crippen molar-refractivity contribution < 1.29 is 25.5 Å². The van der Waals surface area contributed by atoms with Crippen LogP contribution in [-0.4, -0.2) is 63.1 Å². The zero-order valence-corrected chi connectivity index (χ0v) is 12.8. The van der Waals surface area contributed by atoms with Gasteiger partial charge in [0, 0.05) is 17.9 Å². The Hall–Kier alpha value is -1.38. The summed E-state index contributed by atoms with van der Waals surface area (Å²) in [6, 6.07) is 5.36. The maximum Gasteiger partial charge on any atom is 0.111 e. The molecule has 0 aromatic heterocycles. The van der Waals surface area contributed by atoms with Crippen LogP contribution in [0.1, 0.15) is 25.3 Å². The molecule has 7 nitrogen and oxygen atoms in total. The number of anilines is 2. The molecule has 1 aromatic rings. The van der Waals surface area contributed by atoms with Gasteiger partial charge in [-0.15, -0.1) is 0 Å². The number of benzene rings is 1. The number of nitrogens with one attached hydrogen (secondary N) is 1. The predicted octanol–water partition coefficient (Wildman–Crippen LogP) is -0.760. The van der Waals surface area contributed by atoms with Crippen molar-refractivity contribution in [3.8, 4) is 0 Å². The van der Waals surface area contributed by atoms with Gasteiger partial charge in [-0.2, -0.15) is 0 Å². The Morgan fingerprint density at radius 2 is 1.64 bits per heavy atom. The molecule has 8 N–H and O–H groups in total. The van der Waals surface area contributed by atoms with E-state index >= 15 is 0 Å². The number of aliphatic hydroxyl groups excluding tert-OH is 5. The van der Waals surface area contributed by atoms with Crippen LogP contribution in [0.4, 0.5) is 11.4 Å². The second-order valence-electron chi connectivity index (χ2n) is 5.68. The summed E-state index contributed by atoms with van der Waals surface area (Å²) in [5.74, 6) is 0.249. The lowest BCUT2D eigenvalue weighted by Crippen LogP contribution is -2.48. The highest BCUT2D eigenvalue weighted by molar-refractivity contribution is 5.58. The summed E-state index contributed by atoms with van der Waals surface area (Å²) in [7, 11) is 0. The van der Waals surface area contributed by atoms with Gasteiger partial charge in [0.15, 0.2) is 0 Å². The van der Waals surface area contributed by atoms with Gasteiger partial charge in [0.25, 0.3) is 0 Å². The van der Waals surface area contributed by atoms with E-state index < -0.39 is 31.0 Å². The van der Waals surface area contributed by atoms with E-state index in [2.05, 4.69) is 5.32 Å². The molecule has 1 rings (SSSR count). The number of nitrogens with two attached hydrogens (primary N) is 1. The van der Waals surface area contributed by atoms with Crippen LogP contribution < -0.4 is 11.1 Å². The van der Waals surface area contributed by atoms with Gasteiger partial charge in [-0.1, -0.05) is 13.8 Å². The van der Waals surface area contributed by atoms with Gasteiger partial charge in [-0.3, -0.25) is 0 Å². The smallest absolute Gasteiger partial charge is 0.111 e. The maximum absolute atomic E-state index is 9.84. The molecule has 0 radical (unpaired) electrons. The third-order valence-corrected chi connectivity index (χ3v) is 3.55. The number of nitrogen functional groups attached to an aromatic ring is 1. The molecule has 0 amide bonds. The Labute approximate surface area is 130 Å². The van der Waals surface area contributed by atoms with Gasteiger partial charge in [-0.25, -0.2) is 0 Å². The summed E-state index contributed by atoms with van der Waals surface area (Å²) in [6.45, 7) is 3.30. The van der Waals surface area contributed by atoms with Crippen LogP contribution in [0, 0.1) is 0 Å². The van der Waals surface area contributed by atoms with Gasteiger partial charge in [0.1, 0.15) is 18.3 Å². The lowest BCUT2D eigenvalue weighted by molar-refractivity contribution is -0.111. The molecular formula is C15H26N2O5. The molecule has 0 heterocycles. The minimum atomic E-state index is -1.63. The van der Waals surface area contributed by atoms with Crippen molar-refractivity contribution >= 4 is 11.4 Å². The van der Waals surface area contributed by atoms with E-state index in [0.29, 0.717) is 5.69 Å². The molecule has 0 aliphatic rings. The zero-order chi connectivity index (χ0) is 16.9. The van der Waals surface area contributed by atoms with Crippen molar-refractivity contribution in [1.29, 1.82) is 0 Å². The van der Waals surface area contributed by atoms with E-state index in [4.69, 9.17) is 10.8 Å². The Morgan fingerprint density at radius 3 is 2.18 bits per heavy atom. The standard InChI is InChI=1S/C15H26N2O5/c1-8(2)10-5-9(3-4-11(10)16)17-6-12(19)14(21)15(22)13(20)7-18/h3-5,8,12-15,17-22H,6-7,16H2,1-2H3. The fourth-order valence-corrected chi connectivity index (χ4v) is 2.09. The Morgan fingerprint density at radius 1 is 1.05 bits per heavy atom. The molecule has 0 spiro atoms. The molecule has 126 valence electrons. The molecule has 0 aliphatic carbocycles. The average Bonchev–Trinajstić information content (AvgIpc) is 2.51. The molecule has 4 atom stereocenters. The second kappa shape index (κ2) is 8.30. The Bertz CT molecular complexity index is 469. The number of hydrogen-bond donors (Lipinski definition) is 7. The van der Waals surface area contributed by atoms with Crippen LogP contribution >= 0.6 is 0 Å². The predicted molar refractivity (Wildman–Crippen MR) is 84.5 cm³/mol. The molecule has 0 bridgehead atoms. The van der Waals surface area contributed by atoms with Crippen LogP contribution in [0.25, 0.3) is 0 Å². The third kappa shape index (κ3) is 4.82. The zero-order valence-electron chi connectivity index (χ0n) is 12.8.